The van der Waals surface area contributed by atoms with Crippen molar-refractivity contribution in [2.24, 2.45) is 0 Å². The molecule has 2 heterocycles. The van der Waals surface area contributed by atoms with Crippen LogP contribution in [0.5, 0.6) is 0 Å². The summed E-state index contributed by atoms with van der Waals surface area (Å²) in [6.07, 6.45) is 3.61. The summed E-state index contributed by atoms with van der Waals surface area (Å²) >= 11 is 5.49. The molecule has 1 saturated heterocycles. The van der Waals surface area contributed by atoms with E-state index in [2.05, 4.69) is 15.9 Å². The van der Waals surface area contributed by atoms with Gasteiger partial charge in [0.2, 0.25) is 0 Å². The fraction of sp³-hybridized carbons (Fsp3) is 0.500. The molecule has 26 heavy (non-hydrogen) atoms. The largest absolute Gasteiger partial charge is 0.443 e. The molecule has 140 valence electrons. The Labute approximate surface area is 166 Å². The van der Waals surface area contributed by atoms with Crippen molar-refractivity contribution < 1.29 is 14.3 Å². The summed E-state index contributed by atoms with van der Waals surface area (Å²) < 4.78 is 7.97. The molecule has 0 aliphatic carbocycles. The molecule has 0 saturated carbocycles. The molecule has 1 aromatic heterocycles. The van der Waals surface area contributed by atoms with Crippen molar-refractivity contribution in [2.75, 3.05) is 11.5 Å². The quantitative estimate of drug-likeness (QED) is 0.540. The normalized spacial score (nSPS) is 16.0. The first kappa shape index (κ1) is 19.5. The molecule has 1 aliphatic heterocycles. The molecule has 1 fully saturated rings. The number of fused-ring (bicyclic) bond motifs is 1. The number of hydrogen-bond donors (Lipinski definition) is 0. The number of benzene rings is 1. The van der Waals surface area contributed by atoms with Crippen LogP contribution in [0.1, 0.15) is 62.4 Å². The second kappa shape index (κ2) is 7.39. The van der Waals surface area contributed by atoms with Gasteiger partial charge in [0, 0.05) is 21.6 Å². The summed E-state index contributed by atoms with van der Waals surface area (Å²) in [4.78, 5) is 25.1. The van der Waals surface area contributed by atoms with Gasteiger partial charge in [-0.25, -0.2) is 4.79 Å². The lowest BCUT2D eigenvalue weighted by molar-refractivity contribution is 0.0544. The maximum absolute atomic E-state index is 12.8. The lowest BCUT2D eigenvalue weighted by Gasteiger charge is -2.21. The monoisotopic (exact) mass is 437 g/mol. The van der Waals surface area contributed by atoms with Crippen LogP contribution in [0.15, 0.2) is 22.8 Å². The number of ketones is 1. The minimum atomic E-state index is -0.596. The van der Waals surface area contributed by atoms with E-state index in [1.165, 1.54) is 11.5 Å². The van der Waals surface area contributed by atoms with Crippen LogP contribution in [0.4, 0.5) is 4.79 Å². The molecular formula is C20H24BrNO3S. The molecule has 0 unspecified atom stereocenters. The number of rotatable bonds is 2. The maximum Gasteiger partial charge on any atom is 0.419 e. The van der Waals surface area contributed by atoms with E-state index < -0.39 is 11.7 Å². The van der Waals surface area contributed by atoms with Crippen LogP contribution in [-0.4, -0.2) is 33.6 Å². The Bertz CT molecular complexity index is 860. The maximum atomic E-state index is 12.8. The van der Waals surface area contributed by atoms with Crippen LogP contribution in [0, 0.1) is 0 Å². The highest BCUT2D eigenvalue weighted by atomic mass is 79.9. The van der Waals surface area contributed by atoms with Gasteiger partial charge in [0.1, 0.15) is 5.60 Å². The van der Waals surface area contributed by atoms with Crippen molar-refractivity contribution in [3.8, 4) is 0 Å². The number of ether oxygens (including phenoxy) is 1. The molecular weight excluding hydrogens is 414 g/mol. The number of hydrogen-bond acceptors (Lipinski definition) is 4. The van der Waals surface area contributed by atoms with Gasteiger partial charge in [-0.2, -0.15) is 11.8 Å². The molecule has 0 atom stereocenters. The van der Waals surface area contributed by atoms with Gasteiger partial charge in [-0.3, -0.25) is 9.36 Å². The molecule has 1 aromatic carbocycles. The topological polar surface area (TPSA) is 48.3 Å². The molecule has 0 spiro atoms. The minimum Gasteiger partial charge on any atom is -0.443 e. The molecule has 4 nitrogen and oxygen atoms in total. The summed E-state index contributed by atoms with van der Waals surface area (Å²) in [6.45, 7) is 7.07. The molecule has 1 aliphatic rings. The zero-order valence-electron chi connectivity index (χ0n) is 15.6. The number of aromatic nitrogens is 1. The van der Waals surface area contributed by atoms with E-state index in [9.17, 15) is 9.59 Å². The predicted octanol–water partition coefficient (Wildman–Crippen LogP) is 6.00. The minimum absolute atomic E-state index is 0.0649. The van der Waals surface area contributed by atoms with Gasteiger partial charge >= 0.3 is 6.09 Å². The van der Waals surface area contributed by atoms with Crippen molar-refractivity contribution in [2.45, 2.75) is 52.1 Å². The van der Waals surface area contributed by atoms with Crippen LogP contribution < -0.4 is 0 Å². The van der Waals surface area contributed by atoms with Gasteiger partial charge in [-0.05, 0) is 75.7 Å². The SMILES string of the molecule is CC(=O)c1cc(Br)cc2c(C3CCSCC3)cn(C(=O)OC(C)(C)C)c12. The summed E-state index contributed by atoms with van der Waals surface area (Å²) in [5.74, 6) is 2.58. The molecule has 0 N–H and O–H groups in total. The first-order valence-corrected chi connectivity index (χ1v) is 10.8. The second-order valence-corrected chi connectivity index (χ2v) is 9.87. The van der Waals surface area contributed by atoms with Crippen LogP contribution in [-0.2, 0) is 4.74 Å². The summed E-state index contributed by atoms with van der Waals surface area (Å²) in [5.41, 5.74) is 1.73. The Morgan fingerprint density at radius 2 is 1.88 bits per heavy atom. The van der Waals surface area contributed by atoms with Crippen LogP contribution in [0.2, 0.25) is 0 Å². The van der Waals surface area contributed by atoms with E-state index in [0.717, 1.165) is 39.8 Å². The Morgan fingerprint density at radius 3 is 2.46 bits per heavy atom. The zero-order chi connectivity index (χ0) is 19.1. The average molecular weight is 438 g/mol. The number of carbonyl (C=O) groups is 2. The van der Waals surface area contributed by atoms with Crippen molar-refractivity contribution in [1.82, 2.24) is 4.57 Å². The van der Waals surface area contributed by atoms with Gasteiger partial charge in [0.05, 0.1) is 5.52 Å². The average Bonchev–Trinajstić information content (AvgIpc) is 2.92. The lowest BCUT2D eigenvalue weighted by Crippen LogP contribution is -2.27. The molecule has 2 aromatic rings. The highest BCUT2D eigenvalue weighted by Crippen LogP contribution is 2.39. The molecule has 0 amide bonds. The van der Waals surface area contributed by atoms with Gasteiger partial charge in [0.25, 0.3) is 0 Å². The van der Waals surface area contributed by atoms with E-state index in [-0.39, 0.29) is 5.78 Å². The van der Waals surface area contributed by atoms with Crippen molar-refractivity contribution in [3.63, 3.8) is 0 Å². The zero-order valence-corrected chi connectivity index (χ0v) is 18.0. The molecule has 3 rings (SSSR count). The van der Waals surface area contributed by atoms with Crippen molar-refractivity contribution in [1.29, 1.82) is 0 Å². The number of nitrogens with zero attached hydrogens (tertiary/aromatic N) is 1. The van der Waals surface area contributed by atoms with E-state index in [1.54, 1.807) is 6.07 Å². The standard InChI is InChI=1S/C20H24BrNO3S/c1-12(23)15-9-14(21)10-16-17(13-5-7-26-8-6-13)11-22(18(15)16)19(24)25-20(2,3)4/h9-11,13H,5-8H2,1-4H3. The number of Topliss-reactive ketones (excluding diaryl/α,β-unsaturated/α-hetero) is 1. The van der Waals surface area contributed by atoms with E-state index in [0.29, 0.717) is 17.0 Å². The fourth-order valence-corrected chi connectivity index (χ4v) is 4.97. The summed E-state index contributed by atoms with van der Waals surface area (Å²) in [6, 6.07) is 3.80. The first-order chi connectivity index (χ1) is 12.2. The number of thioether (sulfide) groups is 1. The Hall–Kier alpha value is -1.27. The third-order valence-electron chi connectivity index (χ3n) is 4.53. The smallest absolute Gasteiger partial charge is 0.419 e. The van der Waals surface area contributed by atoms with Gasteiger partial charge in [-0.1, -0.05) is 15.9 Å². The highest BCUT2D eigenvalue weighted by Gasteiger charge is 2.27. The first-order valence-electron chi connectivity index (χ1n) is 8.84. The molecule has 0 radical (unpaired) electrons. The third-order valence-corrected chi connectivity index (χ3v) is 6.03. The van der Waals surface area contributed by atoms with Crippen molar-refractivity contribution in [3.05, 3.63) is 33.9 Å². The van der Waals surface area contributed by atoms with E-state index in [1.807, 2.05) is 44.8 Å². The third kappa shape index (κ3) is 4.01. The number of halogens is 1. The van der Waals surface area contributed by atoms with Crippen LogP contribution in [0.3, 0.4) is 0 Å². The Balaban J connectivity index is 2.22. The summed E-state index contributed by atoms with van der Waals surface area (Å²) in [5, 5.41) is 0.965. The van der Waals surface area contributed by atoms with Gasteiger partial charge < -0.3 is 4.74 Å². The predicted molar refractivity (Wildman–Crippen MR) is 111 cm³/mol. The van der Waals surface area contributed by atoms with Crippen molar-refractivity contribution >= 4 is 50.5 Å². The molecule has 6 heteroatoms. The highest BCUT2D eigenvalue weighted by molar-refractivity contribution is 9.10. The van der Waals surface area contributed by atoms with E-state index >= 15 is 0 Å². The Morgan fingerprint density at radius 1 is 1.23 bits per heavy atom. The van der Waals surface area contributed by atoms with E-state index in [4.69, 9.17) is 4.74 Å². The van der Waals surface area contributed by atoms with Gasteiger partial charge in [0.15, 0.2) is 5.78 Å². The fourth-order valence-electron chi connectivity index (χ4n) is 3.41. The van der Waals surface area contributed by atoms with Crippen LogP contribution in [0.25, 0.3) is 10.9 Å². The molecule has 0 bridgehead atoms. The van der Waals surface area contributed by atoms with Crippen LogP contribution >= 0.6 is 27.7 Å². The van der Waals surface area contributed by atoms with Gasteiger partial charge in [-0.15, -0.1) is 0 Å². The lowest BCUT2D eigenvalue weighted by atomic mass is 9.92. The Kier molecular flexibility index (Phi) is 5.54. The number of carbonyl (C=O) groups excluding carboxylic acids is 2. The summed E-state index contributed by atoms with van der Waals surface area (Å²) in [7, 11) is 0. The second-order valence-electron chi connectivity index (χ2n) is 7.73.